The van der Waals surface area contributed by atoms with Gasteiger partial charge in [-0.15, -0.1) is 0 Å². The first kappa shape index (κ1) is 14.4. The molecule has 0 radical (unpaired) electrons. The number of hydrogen-bond acceptors (Lipinski definition) is 3. The lowest BCUT2D eigenvalue weighted by Gasteiger charge is -2.30. The number of carbonyl (C=O) groups is 2. The highest BCUT2D eigenvalue weighted by Crippen LogP contribution is 2.37. The van der Waals surface area contributed by atoms with Crippen molar-refractivity contribution in [1.82, 2.24) is 0 Å². The van der Waals surface area contributed by atoms with E-state index in [1.807, 2.05) is 0 Å². The summed E-state index contributed by atoms with van der Waals surface area (Å²) in [6.45, 7) is 4.96. The molecule has 0 aromatic rings. The minimum absolute atomic E-state index is 0.0496. The molecule has 0 aromatic heterocycles. The second kappa shape index (κ2) is 5.50. The second-order valence-corrected chi connectivity index (χ2v) is 4.20. The van der Waals surface area contributed by atoms with Crippen molar-refractivity contribution in [2.24, 2.45) is 17.3 Å². The third-order valence-corrected chi connectivity index (χ3v) is 2.69. The first-order valence-electron chi connectivity index (χ1n) is 5.21. The van der Waals surface area contributed by atoms with E-state index in [9.17, 15) is 9.59 Å². The molecule has 0 aromatic carbocycles. The molecule has 0 rings (SSSR count). The van der Waals surface area contributed by atoms with E-state index in [0.29, 0.717) is 6.42 Å². The molecule has 5 heteroatoms. The molecule has 90 valence electrons. The van der Waals surface area contributed by atoms with Gasteiger partial charge in [0.25, 0.3) is 0 Å². The summed E-state index contributed by atoms with van der Waals surface area (Å²) in [4.78, 5) is 22.3. The molecule has 0 amide bonds. The minimum Gasteiger partial charge on any atom is -0.481 e. The molecule has 16 heavy (non-hydrogen) atoms. The number of nitriles is 1. The van der Waals surface area contributed by atoms with E-state index in [0.717, 1.165) is 0 Å². The van der Waals surface area contributed by atoms with Crippen LogP contribution in [0.25, 0.3) is 0 Å². The van der Waals surface area contributed by atoms with Crippen molar-refractivity contribution in [3.05, 3.63) is 0 Å². The van der Waals surface area contributed by atoms with Gasteiger partial charge in [0.05, 0.1) is 12.0 Å². The van der Waals surface area contributed by atoms with Crippen molar-refractivity contribution in [3.8, 4) is 6.07 Å². The normalized spacial score (nSPS) is 16.2. The third-order valence-electron chi connectivity index (χ3n) is 2.69. The van der Waals surface area contributed by atoms with Crippen LogP contribution in [0.15, 0.2) is 0 Å². The molecule has 2 N–H and O–H groups in total. The smallest absolute Gasteiger partial charge is 0.324 e. The van der Waals surface area contributed by atoms with E-state index in [2.05, 4.69) is 0 Å². The van der Waals surface area contributed by atoms with E-state index in [1.165, 1.54) is 0 Å². The van der Waals surface area contributed by atoms with E-state index in [-0.39, 0.29) is 6.42 Å². The van der Waals surface area contributed by atoms with E-state index in [4.69, 9.17) is 15.5 Å². The summed E-state index contributed by atoms with van der Waals surface area (Å²) < 4.78 is 0. The maximum absolute atomic E-state index is 11.2. The summed E-state index contributed by atoms with van der Waals surface area (Å²) in [6.07, 6.45) is 0.504. The molecule has 0 bridgehead atoms. The van der Waals surface area contributed by atoms with Crippen LogP contribution in [0, 0.1) is 28.6 Å². The highest BCUT2D eigenvalue weighted by Gasteiger charge is 2.51. The summed E-state index contributed by atoms with van der Waals surface area (Å²) in [6, 6.07) is 1.70. The predicted octanol–water partition coefficient (Wildman–Crippen LogP) is 1.74. The number of nitrogens with zero attached hydrogens (tertiary/aromatic N) is 1. The van der Waals surface area contributed by atoms with Crippen LogP contribution in [0.1, 0.15) is 33.6 Å². The Kier molecular flexibility index (Phi) is 4.96. The van der Waals surface area contributed by atoms with Crippen LogP contribution in [0.2, 0.25) is 0 Å². The Morgan fingerprint density at radius 2 is 1.88 bits per heavy atom. The molecule has 0 fully saturated rings. The maximum Gasteiger partial charge on any atom is 0.324 e. The van der Waals surface area contributed by atoms with Gasteiger partial charge in [0, 0.05) is 0 Å². The average Bonchev–Trinajstić information content (AvgIpc) is 2.15. The highest BCUT2D eigenvalue weighted by atomic mass is 16.4. The Morgan fingerprint density at radius 1 is 1.38 bits per heavy atom. The SMILES string of the molecule is CCCC(C#N)(C(=O)O)C(C(=O)O)C(C)C. The lowest BCUT2D eigenvalue weighted by atomic mass is 9.68. The Balaban J connectivity index is 5.53. The molecule has 2 atom stereocenters. The zero-order valence-corrected chi connectivity index (χ0v) is 9.73. The largest absolute Gasteiger partial charge is 0.481 e. The van der Waals surface area contributed by atoms with Crippen LogP contribution in [0.5, 0.6) is 0 Å². The van der Waals surface area contributed by atoms with Gasteiger partial charge in [-0.3, -0.25) is 9.59 Å². The summed E-state index contributed by atoms with van der Waals surface area (Å²) in [7, 11) is 0. The molecule has 0 saturated carbocycles. The van der Waals surface area contributed by atoms with Crippen LogP contribution >= 0.6 is 0 Å². The van der Waals surface area contributed by atoms with Gasteiger partial charge in [0.15, 0.2) is 5.41 Å². The molecule has 0 aliphatic rings. The van der Waals surface area contributed by atoms with Crippen molar-refractivity contribution >= 4 is 11.9 Å². The van der Waals surface area contributed by atoms with Gasteiger partial charge in [-0.25, -0.2) is 0 Å². The fourth-order valence-electron chi connectivity index (χ4n) is 2.03. The summed E-state index contributed by atoms with van der Waals surface area (Å²) in [5.74, 6) is -4.17. The van der Waals surface area contributed by atoms with Crippen LogP contribution in [-0.2, 0) is 9.59 Å². The van der Waals surface area contributed by atoms with E-state index < -0.39 is 29.2 Å². The lowest BCUT2D eigenvalue weighted by molar-refractivity contribution is -0.161. The number of carboxylic acid groups (broad SMARTS) is 2. The molecule has 2 unspecified atom stereocenters. The first-order valence-corrected chi connectivity index (χ1v) is 5.21. The van der Waals surface area contributed by atoms with Gasteiger partial charge in [0.1, 0.15) is 0 Å². The van der Waals surface area contributed by atoms with Gasteiger partial charge in [-0.1, -0.05) is 27.2 Å². The van der Waals surface area contributed by atoms with Crippen molar-refractivity contribution in [3.63, 3.8) is 0 Å². The van der Waals surface area contributed by atoms with Gasteiger partial charge in [0.2, 0.25) is 0 Å². The van der Waals surface area contributed by atoms with Crippen molar-refractivity contribution in [2.75, 3.05) is 0 Å². The highest BCUT2D eigenvalue weighted by molar-refractivity contribution is 5.86. The monoisotopic (exact) mass is 227 g/mol. The molecule has 0 aliphatic carbocycles. The summed E-state index contributed by atoms with van der Waals surface area (Å²) in [5.41, 5.74) is -1.82. The third kappa shape index (κ3) is 2.51. The standard InChI is InChI=1S/C11H17NO4/c1-4-5-11(6-12,10(15)16)8(7(2)3)9(13)14/h7-8H,4-5H2,1-3H3,(H,13,14)(H,15,16). The van der Waals surface area contributed by atoms with Crippen molar-refractivity contribution < 1.29 is 19.8 Å². The Bertz CT molecular complexity index is 318. The zero-order chi connectivity index (χ0) is 12.9. The van der Waals surface area contributed by atoms with Gasteiger partial charge in [-0.2, -0.15) is 5.26 Å². The van der Waals surface area contributed by atoms with E-state index >= 15 is 0 Å². The van der Waals surface area contributed by atoms with Crippen molar-refractivity contribution in [1.29, 1.82) is 5.26 Å². The quantitative estimate of drug-likeness (QED) is 0.720. The molecule has 0 saturated heterocycles. The van der Waals surface area contributed by atoms with Gasteiger partial charge >= 0.3 is 11.9 Å². The molecule has 0 aliphatic heterocycles. The molecule has 0 spiro atoms. The first-order chi connectivity index (χ1) is 7.33. The topological polar surface area (TPSA) is 98.4 Å². The van der Waals surface area contributed by atoms with Gasteiger partial charge in [-0.05, 0) is 12.3 Å². The number of carboxylic acids is 2. The van der Waals surface area contributed by atoms with Gasteiger partial charge < -0.3 is 10.2 Å². The molecule has 5 nitrogen and oxygen atoms in total. The van der Waals surface area contributed by atoms with Crippen LogP contribution < -0.4 is 0 Å². The minimum atomic E-state index is -1.82. The lowest BCUT2D eigenvalue weighted by Crippen LogP contribution is -2.44. The second-order valence-electron chi connectivity index (χ2n) is 4.20. The molecular weight excluding hydrogens is 210 g/mol. The Hall–Kier alpha value is -1.57. The maximum atomic E-state index is 11.2. The number of hydrogen-bond donors (Lipinski definition) is 2. The van der Waals surface area contributed by atoms with E-state index in [1.54, 1.807) is 26.8 Å². The fourth-order valence-corrected chi connectivity index (χ4v) is 2.03. The Labute approximate surface area is 94.7 Å². The predicted molar refractivity (Wildman–Crippen MR) is 56.6 cm³/mol. The zero-order valence-electron chi connectivity index (χ0n) is 9.73. The average molecular weight is 227 g/mol. The summed E-state index contributed by atoms with van der Waals surface area (Å²) in [5, 5.41) is 27.3. The number of aliphatic carboxylic acids is 2. The summed E-state index contributed by atoms with van der Waals surface area (Å²) >= 11 is 0. The number of rotatable bonds is 6. The van der Waals surface area contributed by atoms with Crippen LogP contribution in [0.3, 0.4) is 0 Å². The van der Waals surface area contributed by atoms with Crippen molar-refractivity contribution in [2.45, 2.75) is 33.6 Å². The fraction of sp³-hybridized carbons (Fsp3) is 0.727. The van der Waals surface area contributed by atoms with Crippen LogP contribution in [-0.4, -0.2) is 22.2 Å². The Morgan fingerprint density at radius 3 is 2.06 bits per heavy atom. The molecular formula is C11H17NO4. The van der Waals surface area contributed by atoms with Crippen LogP contribution in [0.4, 0.5) is 0 Å². The molecule has 0 heterocycles.